The van der Waals surface area contributed by atoms with Crippen LogP contribution in [0.1, 0.15) is 17.3 Å². The zero-order valence-electron chi connectivity index (χ0n) is 14.5. The van der Waals surface area contributed by atoms with E-state index in [1.807, 2.05) is 6.92 Å². The quantitative estimate of drug-likeness (QED) is 0.653. The van der Waals surface area contributed by atoms with Crippen molar-refractivity contribution < 1.29 is 13.2 Å². The largest absolute Gasteiger partial charge is 0.276 e. The highest BCUT2D eigenvalue weighted by Gasteiger charge is 2.15. The highest BCUT2D eigenvalue weighted by molar-refractivity contribution is 7.89. The predicted molar refractivity (Wildman–Crippen MR) is 106 cm³/mol. The first kappa shape index (κ1) is 19.3. The van der Waals surface area contributed by atoms with E-state index in [4.69, 9.17) is 11.6 Å². The molecule has 2 aromatic carbocycles. The molecule has 1 heterocycles. The minimum atomic E-state index is -3.83. The average molecular weight is 422 g/mol. The van der Waals surface area contributed by atoms with Crippen molar-refractivity contribution in [1.82, 2.24) is 9.40 Å². The van der Waals surface area contributed by atoms with Crippen molar-refractivity contribution in [3.8, 4) is 11.3 Å². The van der Waals surface area contributed by atoms with E-state index in [2.05, 4.69) is 9.93 Å². The Morgan fingerprint density at radius 2 is 1.74 bits per heavy atom. The van der Waals surface area contributed by atoms with Gasteiger partial charge in [-0.3, -0.25) is 9.36 Å². The second-order valence-electron chi connectivity index (χ2n) is 5.78. The predicted octanol–water partition coefficient (Wildman–Crippen LogP) is 3.63. The van der Waals surface area contributed by atoms with Gasteiger partial charge in [-0.25, -0.2) is 0 Å². The van der Waals surface area contributed by atoms with E-state index in [-0.39, 0.29) is 15.6 Å². The van der Waals surface area contributed by atoms with E-state index in [0.29, 0.717) is 10.7 Å². The summed E-state index contributed by atoms with van der Waals surface area (Å²) in [6.07, 6.45) is 0. The molecular formula is C18H16ClN3O3S2. The van der Waals surface area contributed by atoms with Crippen LogP contribution in [0.15, 0.2) is 63.9 Å². The van der Waals surface area contributed by atoms with E-state index in [9.17, 15) is 13.2 Å². The number of carbonyl (C=O) groups is 1. The van der Waals surface area contributed by atoms with Crippen LogP contribution in [0.5, 0.6) is 0 Å². The molecule has 1 aromatic heterocycles. The number of nitrogens with zero attached hydrogens (tertiary/aromatic N) is 2. The SMILES string of the molecule is CC(=O)n1c(-c2ccc(Cl)cc2)csc1=NNS(=O)(=O)c1ccc(C)cc1. The monoisotopic (exact) mass is 421 g/mol. The number of halogens is 1. The third-order valence-corrected chi connectivity index (χ3v) is 6.06. The molecule has 140 valence electrons. The molecule has 0 aliphatic heterocycles. The Hall–Kier alpha value is -2.42. The van der Waals surface area contributed by atoms with Crippen LogP contribution >= 0.6 is 22.9 Å². The molecule has 0 aliphatic rings. The molecule has 27 heavy (non-hydrogen) atoms. The first-order chi connectivity index (χ1) is 12.8. The van der Waals surface area contributed by atoms with Crippen molar-refractivity contribution in [2.75, 3.05) is 0 Å². The number of aryl methyl sites for hydroxylation is 1. The second kappa shape index (κ2) is 7.67. The molecule has 1 N–H and O–H groups in total. The first-order valence-electron chi connectivity index (χ1n) is 7.87. The standard InChI is InChI=1S/C18H16ClN3O3S2/c1-12-3-9-16(10-4-12)27(24,25)21-20-18-22(13(2)23)17(11-26-18)14-5-7-15(19)8-6-14/h3-11,21H,1-2H3. The van der Waals surface area contributed by atoms with E-state index < -0.39 is 10.0 Å². The summed E-state index contributed by atoms with van der Waals surface area (Å²) in [7, 11) is -3.83. The van der Waals surface area contributed by atoms with Gasteiger partial charge in [0.15, 0.2) is 0 Å². The Morgan fingerprint density at radius 1 is 1.11 bits per heavy atom. The van der Waals surface area contributed by atoms with Gasteiger partial charge >= 0.3 is 0 Å². The lowest BCUT2D eigenvalue weighted by Crippen LogP contribution is -2.27. The summed E-state index contributed by atoms with van der Waals surface area (Å²) in [5.74, 6) is -0.283. The van der Waals surface area contributed by atoms with Crippen LogP contribution in [0.4, 0.5) is 0 Å². The molecule has 3 rings (SSSR count). The van der Waals surface area contributed by atoms with Crippen LogP contribution in [0.2, 0.25) is 5.02 Å². The summed E-state index contributed by atoms with van der Waals surface area (Å²) >= 11 is 7.07. The van der Waals surface area contributed by atoms with E-state index in [1.165, 1.54) is 23.6 Å². The van der Waals surface area contributed by atoms with Gasteiger partial charge in [0.05, 0.1) is 10.6 Å². The Morgan fingerprint density at radius 3 is 2.33 bits per heavy atom. The maximum atomic E-state index is 12.4. The van der Waals surface area contributed by atoms with Crippen molar-refractivity contribution in [2.24, 2.45) is 5.10 Å². The van der Waals surface area contributed by atoms with Crippen LogP contribution in [0.3, 0.4) is 0 Å². The molecule has 0 atom stereocenters. The van der Waals surface area contributed by atoms with E-state index in [0.717, 1.165) is 22.5 Å². The lowest BCUT2D eigenvalue weighted by Gasteiger charge is -2.06. The smallest absolute Gasteiger partial charge is 0.274 e. The fraction of sp³-hybridized carbons (Fsp3) is 0.111. The van der Waals surface area contributed by atoms with Gasteiger partial charge in [-0.1, -0.05) is 41.4 Å². The maximum Gasteiger partial charge on any atom is 0.276 e. The maximum absolute atomic E-state index is 12.4. The Labute approximate surface area is 165 Å². The number of sulfonamides is 1. The summed E-state index contributed by atoms with van der Waals surface area (Å²) in [5.41, 5.74) is 2.33. The van der Waals surface area contributed by atoms with Crippen LogP contribution in [-0.2, 0) is 10.0 Å². The summed E-state index contributed by atoms with van der Waals surface area (Å²) in [5, 5.41) is 6.28. The Bertz CT molecular complexity index is 1150. The number of rotatable bonds is 4. The molecular weight excluding hydrogens is 406 g/mol. The van der Waals surface area contributed by atoms with Crippen LogP contribution in [0.25, 0.3) is 11.3 Å². The molecule has 3 aromatic rings. The number of nitrogens with one attached hydrogen (secondary N) is 1. The fourth-order valence-corrected chi connectivity index (χ4v) is 4.26. The van der Waals surface area contributed by atoms with Gasteiger partial charge < -0.3 is 0 Å². The van der Waals surface area contributed by atoms with Gasteiger partial charge in [-0.2, -0.15) is 13.2 Å². The molecule has 0 bridgehead atoms. The lowest BCUT2D eigenvalue weighted by atomic mass is 10.2. The number of benzene rings is 2. The Balaban J connectivity index is 2.00. The molecule has 9 heteroatoms. The minimum absolute atomic E-state index is 0.0979. The van der Waals surface area contributed by atoms with Crippen LogP contribution in [-0.4, -0.2) is 18.9 Å². The fourth-order valence-electron chi connectivity index (χ4n) is 2.38. The van der Waals surface area contributed by atoms with Crippen molar-refractivity contribution in [1.29, 1.82) is 0 Å². The van der Waals surface area contributed by atoms with Crippen molar-refractivity contribution in [2.45, 2.75) is 18.7 Å². The number of carbonyl (C=O) groups excluding carboxylic acids is 1. The molecule has 0 amide bonds. The molecule has 0 saturated heterocycles. The molecule has 0 spiro atoms. The number of hydrogen-bond donors (Lipinski definition) is 1. The van der Waals surface area contributed by atoms with Crippen molar-refractivity contribution in [3.63, 3.8) is 0 Å². The van der Waals surface area contributed by atoms with Gasteiger partial charge in [0.1, 0.15) is 0 Å². The lowest BCUT2D eigenvalue weighted by molar-refractivity contribution is 0.0935. The molecule has 0 fully saturated rings. The third kappa shape index (κ3) is 4.29. The van der Waals surface area contributed by atoms with Crippen molar-refractivity contribution >= 4 is 38.9 Å². The number of aromatic nitrogens is 1. The van der Waals surface area contributed by atoms with E-state index >= 15 is 0 Å². The molecule has 0 saturated carbocycles. The zero-order chi connectivity index (χ0) is 19.6. The molecule has 0 radical (unpaired) electrons. The normalized spacial score (nSPS) is 12.2. The summed E-state index contributed by atoms with van der Waals surface area (Å²) in [6, 6.07) is 13.4. The summed E-state index contributed by atoms with van der Waals surface area (Å²) in [4.78, 5) is 14.6. The summed E-state index contributed by atoms with van der Waals surface area (Å²) in [6.45, 7) is 3.26. The highest BCUT2D eigenvalue weighted by atomic mass is 35.5. The summed E-state index contributed by atoms with van der Waals surface area (Å²) < 4.78 is 26.2. The minimum Gasteiger partial charge on any atom is -0.274 e. The van der Waals surface area contributed by atoms with Crippen molar-refractivity contribution in [3.05, 3.63) is 69.3 Å². The first-order valence-corrected chi connectivity index (χ1v) is 10.6. The zero-order valence-corrected chi connectivity index (χ0v) is 16.9. The number of hydrogen-bond acceptors (Lipinski definition) is 5. The number of thiazole rings is 1. The van der Waals surface area contributed by atoms with Gasteiger partial charge in [0.25, 0.3) is 10.0 Å². The molecule has 0 aliphatic carbocycles. The third-order valence-electron chi connectivity index (χ3n) is 3.76. The highest BCUT2D eigenvalue weighted by Crippen LogP contribution is 2.22. The van der Waals surface area contributed by atoms with Gasteiger partial charge in [-0.05, 0) is 36.8 Å². The van der Waals surface area contributed by atoms with Crippen LogP contribution in [0, 0.1) is 6.92 Å². The van der Waals surface area contributed by atoms with E-state index in [1.54, 1.807) is 41.8 Å². The van der Waals surface area contributed by atoms with Crippen LogP contribution < -0.4 is 9.63 Å². The second-order valence-corrected chi connectivity index (χ2v) is 8.72. The van der Waals surface area contributed by atoms with Gasteiger partial charge in [-0.15, -0.1) is 16.4 Å². The van der Waals surface area contributed by atoms with Gasteiger partial charge in [0.2, 0.25) is 10.7 Å². The molecule has 6 nitrogen and oxygen atoms in total. The topological polar surface area (TPSA) is 80.5 Å². The average Bonchev–Trinajstić information content (AvgIpc) is 3.05. The van der Waals surface area contributed by atoms with Gasteiger partial charge in [0, 0.05) is 17.3 Å². The molecule has 0 unspecified atom stereocenters. The Kier molecular flexibility index (Phi) is 5.50.